The molecule has 90 valence electrons. The van der Waals surface area contributed by atoms with Gasteiger partial charge in [-0.05, 0) is 38.3 Å². The average molecular weight is 241 g/mol. The van der Waals surface area contributed by atoms with Crippen LogP contribution in [0.15, 0.2) is 6.07 Å². The number of thiophene rings is 1. The highest BCUT2D eigenvalue weighted by Gasteiger charge is 2.12. The summed E-state index contributed by atoms with van der Waals surface area (Å²) in [6, 6.07) is 2.20. The minimum absolute atomic E-state index is 0.0448. The summed E-state index contributed by atoms with van der Waals surface area (Å²) in [5, 5.41) is 0. The van der Waals surface area contributed by atoms with Crippen LogP contribution in [0, 0.1) is 13.8 Å². The highest BCUT2D eigenvalue weighted by atomic mass is 32.1. The van der Waals surface area contributed by atoms with E-state index in [4.69, 9.17) is 5.73 Å². The molecule has 0 saturated heterocycles. The standard InChI is InChI=1S/C12H19NO2S/c1-8-7-9(2)16-12(8)10(13)5-4-6-11(14)15-3/h7,10H,4-6,13H2,1-3H3. The van der Waals surface area contributed by atoms with Crippen LogP contribution in [0.3, 0.4) is 0 Å². The Morgan fingerprint density at radius 2 is 2.25 bits per heavy atom. The number of aryl methyl sites for hydroxylation is 2. The second kappa shape index (κ2) is 6.01. The van der Waals surface area contributed by atoms with Gasteiger partial charge in [0.1, 0.15) is 0 Å². The normalized spacial score (nSPS) is 12.5. The Morgan fingerprint density at radius 1 is 1.56 bits per heavy atom. The van der Waals surface area contributed by atoms with Crippen LogP contribution >= 0.6 is 11.3 Å². The molecule has 0 fully saturated rings. The first kappa shape index (κ1) is 13.2. The van der Waals surface area contributed by atoms with E-state index < -0.39 is 0 Å². The van der Waals surface area contributed by atoms with E-state index in [0.29, 0.717) is 6.42 Å². The van der Waals surface area contributed by atoms with Gasteiger partial charge in [0, 0.05) is 22.2 Å². The van der Waals surface area contributed by atoms with E-state index >= 15 is 0 Å². The zero-order valence-electron chi connectivity index (χ0n) is 10.1. The van der Waals surface area contributed by atoms with Crippen LogP contribution in [0.25, 0.3) is 0 Å². The van der Waals surface area contributed by atoms with Gasteiger partial charge in [0.05, 0.1) is 7.11 Å². The van der Waals surface area contributed by atoms with Gasteiger partial charge in [-0.3, -0.25) is 4.79 Å². The van der Waals surface area contributed by atoms with E-state index in [-0.39, 0.29) is 12.0 Å². The van der Waals surface area contributed by atoms with Crippen LogP contribution in [0.1, 0.15) is 40.6 Å². The summed E-state index contributed by atoms with van der Waals surface area (Å²) < 4.78 is 4.59. The average Bonchev–Trinajstić information content (AvgIpc) is 2.57. The third kappa shape index (κ3) is 3.61. The number of hydrogen-bond acceptors (Lipinski definition) is 4. The molecule has 0 aliphatic rings. The predicted molar refractivity (Wildman–Crippen MR) is 66.6 cm³/mol. The third-order valence-electron chi connectivity index (χ3n) is 2.54. The molecule has 3 nitrogen and oxygen atoms in total. The third-order valence-corrected chi connectivity index (χ3v) is 3.82. The van der Waals surface area contributed by atoms with Crippen LogP contribution in [0.2, 0.25) is 0 Å². The second-order valence-electron chi connectivity index (χ2n) is 3.98. The number of nitrogens with two attached hydrogens (primary N) is 1. The summed E-state index contributed by atoms with van der Waals surface area (Å²) in [6.45, 7) is 4.17. The van der Waals surface area contributed by atoms with Gasteiger partial charge < -0.3 is 10.5 Å². The Balaban J connectivity index is 2.43. The molecule has 0 aliphatic heterocycles. The Hall–Kier alpha value is -0.870. The summed E-state index contributed by atoms with van der Waals surface area (Å²) in [5.74, 6) is -0.161. The van der Waals surface area contributed by atoms with Crippen molar-refractivity contribution in [2.45, 2.75) is 39.2 Å². The molecule has 1 aromatic rings. The van der Waals surface area contributed by atoms with Gasteiger partial charge >= 0.3 is 5.97 Å². The molecule has 4 heteroatoms. The monoisotopic (exact) mass is 241 g/mol. The lowest BCUT2D eigenvalue weighted by molar-refractivity contribution is -0.140. The van der Waals surface area contributed by atoms with E-state index in [1.807, 2.05) is 0 Å². The number of carbonyl (C=O) groups is 1. The van der Waals surface area contributed by atoms with Crippen molar-refractivity contribution in [3.63, 3.8) is 0 Å². The number of esters is 1. The maximum absolute atomic E-state index is 10.9. The maximum Gasteiger partial charge on any atom is 0.305 e. The van der Waals surface area contributed by atoms with Crippen molar-refractivity contribution < 1.29 is 9.53 Å². The van der Waals surface area contributed by atoms with Gasteiger partial charge in [-0.25, -0.2) is 0 Å². The van der Waals surface area contributed by atoms with Crippen LogP contribution in [-0.2, 0) is 9.53 Å². The molecule has 0 aromatic carbocycles. The van der Waals surface area contributed by atoms with Crippen molar-refractivity contribution >= 4 is 17.3 Å². The van der Waals surface area contributed by atoms with Crippen molar-refractivity contribution in [2.75, 3.05) is 7.11 Å². The lowest BCUT2D eigenvalue weighted by Gasteiger charge is -2.10. The topological polar surface area (TPSA) is 52.3 Å². The van der Waals surface area contributed by atoms with Crippen LogP contribution in [-0.4, -0.2) is 13.1 Å². The van der Waals surface area contributed by atoms with Gasteiger partial charge in [0.25, 0.3) is 0 Å². The highest BCUT2D eigenvalue weighted by molar-refractivity contribution is 7.12. The first-order valence-corrected chi connectivity index (χ1v) is 6.25. The van der Waals surface area contributed by atoms with Crippen molar-refractivity contribution in [2.24, 2.45) is 5.73 Å². The quantitative estimate of drug-likeness (QED) is 0.806. The molecule has 0 radical (unpaired) electrons. The van der Waals surface area contributed by atoms with E-state index in [1.165, 1.54) is 22.4 Å². The van der Waals surface area contributed by atoms with E-state index in [2.05, 4.69) is 24.7 Å². The summed E-state index contributed by atoms with van der Waals surface area (Å²) in [7, 11) is 1.41. The molecule has 0 aliphatic carbocycles. The summed E-state index contributed by atoms with van der Waals surface area (Å²) in [6.07, 6.45) is 2.06. The molecule has 1 heterocycles. The number of carbonyl (C=O) groups excluding carboxylic acids is 1. The SMILES string of the molecule is COC(=O)CCCC(N)c1sc(C)cc1C. The smallest absolute Gasteiger partial charge is 0.305 e. The van der Waals surface area contributed by atoms with Gasteiger partial charge in [-0.1, -0.05) is 0 Å². The van der Waals surface area contributed by atoms with E-state index in [1.54, 1.807) is 11.3 Å². The molecule has 2 N–H and O–H groups in total. The fraction of sp³-hybridized carbons (Fsp3) is 0.583. The number of methoxy groups -OCH3 is 1. The molecule has 1 aromatic heterocycles. The Bertz CT molecular complexity index is 360. The first-order chi connectivity index (χ1) is 7.54. The van der Waals surface area contributed by atoms with Crippen LogP contribution < -0.4 is 5.73 Å². The molecule has 1 rings (SSSR count). The predicted octanol–water partition coefficient (Wildman–Crippen LogP) is 2.71. The van der Waals surface area contributed by atoms with Gasteiger partial charge in [-0.2, -0.15) is 0 Å². The molecule has 1 atom stereocenters. The van der Waals surface area contributed by atoms with Gasteiger partial charge in [-0.15, -0.1) is 11.3 Å². The minimum Gasteiger partial charge on any atom is -0.469 e. The van der Waals surface area contributed by atoms with Crippen LogP contribution in [0.4, 0.5) is 0 Å². The zero-order chi connectivity index (χ0) is 12.1. The zero-order valence-corrected chi connectivity index (χ0v) is 10.9. The summed E-state index contributed by atoms with van der Waals surface area (Å²) >= 11 is 1.75. The lowest BCUT2D eigenvalue weighted by Crippen LogP contribution is -2.10. The highest BCUT2D eigenvalue weighted by Crippen LogP contribution is 2.28. The maximum atomic E-state index is 10.9. The number of rotatable bonds is 5. The minimum atomic E-state index is -0.161. The number of hydrogen-bond donors (Lipinski definition) is 1. The largest absolute Gasteiger partial charge is 0.469 e. The van der Waals surface area contributed by atoms with Crippen molar-refractivity contribution in [3.8, 4) is 0 Å². The first-order valence-electron chi connectivity index (χ1n) is 5.44. The lowest BCUT2D eigenvalue weighted by atomic mass is 10.1. The fourth-order valence-electron chi connectivity index (χ4n) is 1.73. The Labute approximate surface area is 101 Å². The molecule has 1 unspecified atom stereocenters. The second-order valence-corrected chi connectivity index (χ2v) is 5.27. The van der Waals surface area contributed by atoms with E-state index in [9.17, 15) is 4.79 Å². The van der Waals surface area contributed by atoms with Gasteiger partial charge in [0.15, 0.2) is 0 Å². The molecule has 0 amide bonds. The van der Waals surface area contributed by atoms with Gasteiger partial charge in [0.2, 0.25) is 0 Å². The van der Waals surface area contributed by atoms with Crippen molar-refractivity contribution in [1.29, 1.82) is 0 Å². The summed E-state index contributed by atoms with van der Waals surface area (Å²) in [5.41, 5.74) is 7.35. The molecule has 16 heavy (non-hydrogen) atoms. The molecule has 0 bridgehead atoms. The van der Waals surface area contributed by atoms with Crippen LogP contribution in [0.5, 0.6) is 0 Å². The molecular weight excluding hydrogens is 222 g/mol. The number of ether oxygens (including phenoxy) is 1. The molecule has 0 spiro atoms. The van der Waals surface area contributed by atoms with E-state index in [0.717, 1.165) is 12.8 Å². The van der Waals surface area contributed by atoms with Crippen molar-refractivity contribution in [3.05, 3.63) is 21.4 Å². The fourth-order valence-corrected chi connectivity index (χ4v) is 2.80. The molecular formula is C12H19NO2S. The van der Waals surface area contributed by atoms with Crippen molar-refractivity contribution in [1.82, 2.24) is 0 Å². The Kier molecular flexibility index (Phi) is 4.96. The summed E-state index contributed by atoms with van der Waals surface area (Å²) in [4.78, 5) is 13.5. The Morgan fingerprint density at radius 3 is 2.75 bits per heavy atom. The molecule has 0 saturated carbocycles.